The van der Waals surface area contributed by atoms with Gasteiger partial charge in [-0.3, -0.25) is 13.2 Å². The van der Waals surface area contributed by atoms with Crippen LogP contribution in [-0.4, -0.2) is 97.3 Å². The molecule has 6 N–H and O–H groups in total. The molecule has 12 heterocycles. The van der Waals surface area contributed by atoms with E-state index >= 15 is 0 Å². The van der Waals surface area contributed by atoms with E-state index in [-0.39, 0.29) is 0 Å². The summed E-state index contributed by atoms with van der Waals surface area (Å²) in [5.74, 6) is 3.72. The number of H-pyrrole nitrogens is 3. The van der Waals surface area contributed by atoms with E-state index in [2.05, 4.69) is 113 Å². The van der Waals surface area contributed by atoms with Crippen LogP contribution in [0.15, 0.2) is 74.0 Å². The van der Waals surface area contributed by atoms with Gasteiger partial charge in [-0.15, -0.1) is 0 Å². The summed E-state index contributed by atoms with van der Waals surface area (Å²) >= 11 is 0. The Labute approximate surface area is 329 Å². The standard InChI is InChI=1S/3C14H17N5/c3*1-2-9-5-15-6-10(9)12-7-17-13-8-18-14-11(19(12)13)3-4-16-14/h3*3-4,7-10,15-16H,2,5-6H2,1H3/t3*9?,10-/m000/s1. The SMILES string of the molecule is CCC1CNC[C@@H]1c1cnc2cnc3[nH]ccc3n12.CCC1CNC[C@@H]1c1cnc2cnc3[nH]ccc3n12.CCC1CNC[C@@H]1c1cnc2cnc3[nH]ccc3n12. The van der Waals surface area contributed by atoms with Crippen LogP contribution in [0.25, 0.3) is 50.4 Å². The number of imidazole rings is 3. The fourth-order valence-electron chi connectivity index (χ4n) is 9.79. The van der Waals surface area contributed by atoms with Crippen molar-refractivity contribution in [3.05, 3.63) is 91.1 Å². The largest absolute Gasteiger partial charge is 0.345 e. The first-order chi connectivity index (χ1) is 28.1. The van der Waals surface area contributed by atoms with Crippen LogP contribution >= 0.6 is 0 Å². The van der Waals surface area contributed by atoms with Crippen molar-refractivity contribution in [1.82, 2.24) is 74.0 Å². The van der Waals surface area contributed by atoms with Crippen LogP contribution in [-0.2, 0) is 0 Å². The predicted molar refractivity (Wildman–Crippen MR) is 223 cm³/mol. The first-order valence-electron chi connectivity index (χ1n) is 20.7. The van der Waals surface area contributed by atoms with Gasteiger partial charge in [-0.2, -0.15) is 0 Å². The molecule has 15 nitrogen and oxygen atoms in total. The van der Waals surface area contributed by atoms with Gasteiger partial charge in [0.1, 0.15) is 0 Å². The summed E-state index contributed by atoms with van der Waals surface area (Å²) in [7, 11) is 0. The number of hydrogen-bond donors (Lipinski definition) is 6. The quantitative estimate of drug-likeness (QED) is 0.123. The van der Waals surface area contributed by atoms with E-state index in [1.54, 1.807) is 0 Å². The number of rotatable bonds is 6. The molecule has 9 aromatic rings. The number of fused-ring (bicyclic) bond motifs is 9. The van der Waals surface area contributed by atoms with Gasteiger partial charge in [0.2, 0.25) is 0 Å². The normalized spacial score (nSPS) is 23.6. The highest BCUT2D eigenvalue weighted by atomic mass is 15.1. The molecule has 0 saturated carbocycles. The molecule has 6 atom stereocenters. The molecule has 0 spiro atoms. The Balaban J connectivity index is 0.000000104. The molecular weight excluding hydrogens is 715 g/mol. The van der Waals surface area contributed by atoms with Gasteiger partial charge in [0.05, 0.1) is 35.1 Å². The average molecular weight is 766 g/mol. The van der Waals surface area contributed by atoms with Crippen LogP contribution in [0.1, 0.15) is 74.9 Å². The molecule has 3 aliphatic heterocycles. The second-order valence-electron chi connectivity index (χ2n) is 15.8. The summed E-state index contributed by atoms with van der Waals surface area (Å²) in [5.41, 5.74) is 12.8. The van der Waals surface area contributed by atoms with Gasteiger partial charge in [-0.05, 0) is 55.6 Å². The van der Waals surface area contributed by atoms with Gasteiger partial charge < -0.3 is 30.9 Å². The van der Waals surface area contributed by atoms with Crippen molar-refractivity contribution in [2.75, 3.05) is 39.3 Å². The minimum Gasteiger partial charge on any atom is -0.345 e. The van der Waals surface area contributed by atoms with Crippen molar-refractivity contribution >= 4 is 50.4 Å². The smallest absolute Gasteiger partial charge is 0.156 e. The molecule has 3 fully saturated rings. The Morgan fingerprint density at radius 2 is 0.754 bits per heavy atom. The molecule has 0 aromatic carbocycles. The minimum absolute atomic E-state index is 0.542. The van der Waals surface area contributed by atoms with Gasteiger partial charge >= 0.3 is 0 Å². The third-order valence-electron chi connectivity index (χ3n) is 12.9. The van der Waals surface area contributed by atoms with Crippen LogP contribution in [0, 0.1) is 17.8 Å². The van der Waals surface area contributed by atoms with E-state index in [1.165, 1.54) is 36.3 Å². The molecule has 12 rings (SSSR count). The highest BCUT2D eigenvalue weighted by Gasteiger charge is 2.32. The summed E-state index contributed by atoms with van der Waals surface area (Å²) in [6.45, 7) is 13.2. The third kappa shape index (κ3) is 6.15. The van der Waals surface area contributed by atoms with Gasteiger partial charge in [-0.25, -0.2) is 29.9 Å². The topological polar surface area (TPSA) is 174 Å². The summed E-state index contributed by atoms with van der Waals surface area (Å²) in [6.07, 6.45) is 21.0. The number of aromatic amines is 3. The lowest BCUT2D eigenvalue weighted by molar-refractivity contribution is 0.493. The van der Waals surface area contributed by atoms with Crippen molar-refractivity contribution < 1.29 is 0 Å². The summed E-state index contributed by atoms with van der Waals surface area (Å²) in [6, 6.07) is 6.22. The van der Waals surface area contributed by atoms with E-state index in [0.717, 1.165) is 89.7 Å². The molecule has 15 heteroatoms. The van der Waals surface area contributed by atoms with E-state index < -0.39 is 0 Å². The van der Waals surface area contributed by atoms with E-state index in [0.29, 0.717) is 35.5 Å². The Morgan fingerprint density at radius 1 is 0.439 bits per heavy atom. The molecule has 57 heavy (non-hydrogen) atoms. The number of aromatic nitrogens is 12. The second kappa shape index (κ2) is 15.0. The summed E-state index contributed by atoms with van der Waals surface area (Å²) in [4.78, 5) is 36.3. The van der Waals surface area contributed by atoms with E-state index in [1.807, 2.05) is 55.8 Å². The zero-order valence-corrected chi connectivity index (χ0v) is 32.8. The average Bonchev–Trinajstić information content (AvgIpc) is 4.09. The van der Waals surface area contributed by atoms with Gasteiger partial charge in [-0.1, -0.05) is 40.0 Å². The first-order valence-corrected chi connectivity index (χ1v) is 20.7. The first kappa shape index (κ1) is 35.8. The van der Waals surface area contributed by atoms with Crippen molar-refractivity contribution in [3.8, 4) is 0 Å². The molecule has 0 radical (unpaired) electrons. The van der Waals surface area contributed by atoms with Gasteiger partial charge in [0.25, 0.3) is 0 Å². The van der Waals surface area contributed by atoms with Crippen LogP contribution in [0.2, 0.25) is 0 Å². The number of nitrogens with zero attached hydrogens (tertiary/aromatic N) is 9. The third-order valence-corrected chi connectivity index (χ3v) is 12.9. The molecule has 0 bridgehead atoms. The monoisotopic (exact) mass is 765 g/mol. The number of hydrogen-bond acceptors (Lipinski definition) is 9. The second-order valence-corrected chi connectivity index (χ2v) is 15.8. The maximum absolute atomic E-state index is 4.52. The molecule has 3 unspecified atom stereocenters. The maximum Gasteiger partial charge on any atom is 0.156 e. The molecule has 0 amide bonds. The molecule has 294 valence electrons. The fourth-order valence-corrected chi connectivity index (χ4v) is 9.79. The van der Waals surface area contributed by atoms with E-state index in [9.17, 15) is 0 Å². The fraction of sp³-hybridized carbons (Fsp3) is 0.429. The van der Waals surface area contributed by atoms with Crippen molar-refractivity contribution in [3.63, 3.8) is 0 Å². The van der Waals surface area contributed by atoms with Crippen molar-refractivity contribution in [1.29, 1.82) is 0 Å². The molecule has 9 aromatic heterocycles. The van der Waals surface area contributed by atoms with E-state index in [4.69, 9.17) is 0 Å². The Bertz CT molecular complexity index is 2480. The van der Waals surface area contributed by atoms with Gasteiger partial charge in [0.15, 0.2) is 33.9 Å². The lowest BCUT2D eigenvalue weighted by Crippen LogP contribution is -2.12. The highest BCUT2D eigenvalue weighted by molar-refractivity contribution is 5.76. The van der Waals surface area contributed by atoms with Crippen LogP contribution in [0.5, 0.6) is 0 Å². The Morgan fingerprint density at radius 3 is 1.05 bits per heavy atom. The van der Waals surface area contributed by atoms with Crippen LogP contribution in [0.4, 0.5) is 0 Å². The lowest BCUT2D eigenvalue weighted by atomic mass is 9.91. The van der Waals surface area contributed by atoms with Crippen molar-refractivity contribution in [2.24, 2.45) is 17.8 Å². The van der Waals surface area contributed by atoms with Crippen LogP contribution < -0.4 is 16.0 Å². The minimum atomic E-state index is 0.542. The summed E-state index contributed by atoms with van der Waals surface area (Å²) in [5, 5.41) is 10.5. The molecule has 0 aliphatic carbocycles. The zero-order valence-electron chi connectivity index (χ0n) is 32.8. The zero-order chi connectivity index (χ0) is 38.5. The summed E-state index contributed by atoms with van der Waals surface area (Å²) < 4.78 is 6.75. The van der Waals surface area contributed by atoms with Gasteiger partial charge in [0, 0.05) is 91.7 Å². The predicted octanol–water partition coefficient (Wildman–Crippen LogP) is 5.77. The molecular formula is C42H51N15. The maximum atomic E-state index is 4.52. The molecule has 3 saturated heterocycles. The lowest BCUT2D eigenvalue weighted by Gasteiger charge is -2.16. The highest BCUT2D eigenvalue weighted by Crippen LogP contribution is 2.34. The Hall–Kier alpha value is -5.64. The number of nitrogens with one attached hydrogen (secondary N) is 6. The van der Waals surface area contributed by atoms with Crippen molar-refractivity contribution in [2.45, 2.75) is 57.8 Å². The van der Waals surface area contributed by atoms with Crippen LogP contribution in [0.3, 0.4) is 0 Å². The Kier molecular flexibility index (Phi) is 9.43. The molecule has 3 aliphatic rings.